The minimum atomic E-state index is -1.22. The summed E-state index contributed by atoms with van der Waals surface area (Å²) in [5.41, 5.74) is 4.69. The normalized spacial score (nSPS) is 9.71. The van der Waals surface area contributed by atoms with Gasteiger partial charge in [0.25, 0.3) is 5.69 Å². The Balaban J connectivity index is 2.82. The first-order chi connectivity index (χ1) is 9.81. The van der Waals surface area contributed by atoms with Gasteiger partial charge in [-0.25, -0.2) is 0 Å². The average Bonchev–Trinajstić information content (AvgIpc) is 2.42. The number of benzene rings is 1. The number of aliphatic carboxylic acids is 1. The lowest BCUT2D eigenvalue weighted by Crippen LogP contribution is -2.34. The molecule has 0 unspecified atom stereocenters. The summed E-state index contributed by atoms with van der Waals surface area (Å²) in [4.78, 5) is 42.8. The second kappa shape index (κ2) is 6.84. The number of carboxylic acid groups (broad SMARTS) is 1. The molecule has 0 atom stereocenters. The zero-order chi connectivity index (χ0) is 16.0. The van der Waals surface area contributed by atoms with Crippen molar-refractivity contribution in [2.45, 2.75) is 0 Å². The van der Waals surface area contributed by atoms with Crippen molar-refractivity contribution < 1.29 is 24.4 Å². The van der Waals surface area contributed by atoms with Gasteiger partial charge in [-0.2, -0.15) is 0 Å². The molecule has 10 nitrogen and oxygen atoms in total. The lowest BCUT2D eigenvalue weighted by atomic mass is 10.1. The van der Waals surface area contributed by atoms with E-state index in [2.05, 4.69) is 10.6 Å². The summed E-state index contributed by atoms with van der Waals surface area (Å²) in [6.07, 6.45) is 0. The van der Waals surface area contributed by atoms with Gasteiger partial charge in [-0.15, -0.1) is 0 Å². The van der Waals surface area contributed by atoms with Gasteiger partial charge in [0.2, 0.25) is 11.8 Å². The monoisotopic (exact) mass is 296 g/mol. The molecule has 0 aliphatic heterocycles. The first kappa shape index (κ1) is 15.9. The maximum Gasteiger partial charge on any atom is 0.322 e. The SMILES string of the molecule is NC(=O)c1ccc([N+](=O)[O-])c(NCC(=O)NCC(=O)O)c1. The first-order valence-corrected chi connectivity index (χ1v) is 5.62. The fourth-order valence-electron chi connectivity index (χ4n) is 1.40. The number of primary amides is 1. The molecule has 10 heteroatoms. The maximum atomic E-state index is 11.3. The van der Waals surface area contributed by atoms with Crippen LogP contribution in [0.1, 0.15) is 10.4 Å². The van der Waals surface area contributed by atoms with Crippen LogP contribution in [0.4, 0.5) is 11.4 Å². The number of carbonyl (C=O) groups is 3. The van der Waals surface area contributed by atoms with Crippen molar-refractivity contribution in [2.75, 3.05) is 18.4 Å². The Morgan fingerprint density at radius 1 is 1.29 bits per heavy atom. The minimum Gasteiger partial charge on any atom is -0.480 e. The Hall–Kier alpha value is -3.17. The van der Waals surface area contributed by atoms with Gasteiger partial charge in [0, 0.05) is 11.6 Å². The van der Waals surface area contributed by atoms with Crippen LogP contribution >= 0.6 is 0 Å². The summed E-state index contributed by atoms with van der Waals surface area (Å²) in [6, 6.07) is 3.42. The van der Waals surface area contributed by atoms with Gasteiger partial charge < -0.3 is 21.5 Å². The molecule has 21 heavy (non-hydrogen) atoms. The van der Waals surface area contributed by atoms with Gasteiger partial charge in [0.15, 0.2) is 0 Å². The van der Waals surface area contributed by atoms with Crippen LogP contribution in [0, 0.1) is 10.1 Å². The number of nitro groups is 1. The quantitative estimate of drug-likeness (QED) is 0.381. The summed E-state index contributed by atoms with van der Waals surface area (Å²) in [5.74, 6) is -2.66. The fraction of sp³-hybridized carbons (Fsp3) is 0.182. The predicted molar refractivity (Wildman–Crippen MR) is 70.7 cm³/mol. The van der Waals surface area contributed by atoms with Crippen LogP contribution in [0.2, 0.25) is 0 Å². The van der Waals surface area contributed by atoms with Crippen molar-refractivity contribution in [3.05, 3.63) is 33.9 Å². The van der Waals surface area contributed by atoms with Crippen molar-refractivity contribution in [2.24, 2.45) is 5.73 Å². The number of nitrogens with one attached hydrogen (secondary N) is 2. The maximum absolute atomic E-state index is 11.3. The number of carboxylic acids is 1. The van der Waals surface area contributed by atoms with Gasteiger partial charge in [0.1, 0.15) is 12.2 Å². The molecule has 0 fully saturated rings. The molecule has 0 saturated heterocycles. The highest BCUT2D eigenvalue weighted by molar-refractivity contribution is 5.95. The fourth-order valence-corrected chi connectivity index (χ4v) is 1.40. The van der Waals surface area contributed by atoms with Crippen molar-refractivity contribution in [3.8, 4) is 0 Å². The van der Waals surface area contributed by atoms with E-state index >= 15 is 0 Å². The van der Waals surface area contributed by atoms with Crippen LogP contribution < -0.4 is 16.4 Å². The van der Waals surface area contributed by atoms with Crippen molar-refractivity contribution in [3.63, 3.8) is 0 Å². The molecular weight excluding hydrogens is 284 g/mol. The number of nitro benzene ring substituents is 1. The second-order valence-electron chi connectivity index (χ2n) is 3.88. The van der Waals surface area contributed by atoms with E-state index in [0.29, 0.717) is 0 Å². The Morgan fingerprint density at radius 2 is 1.95 bits per heavy atom. The van der Waals surface area contributed by atoms with Crippen LogP contribution in [-0.4, -0.2) is 40.9 Å². The largest absolute Gasteiger partial charge is 0.480 e. The third-order valence-corrected chi connectivity index (χ3v) is 2.35. The van der Waals surface area contributed by atoms with E-state index < -0.39 is 35.8 Å². The number of nitrogens with two attached hydrogens (primary N) is 1. The highest BCUT2D eigenvalue weighted by atomic mass is 16.6. The summed E-state index contributed by atoms with van der Waals surface area (Å²) in [7, 11) is 0. The third-order valence-electron chi connectivity index (χ3n) is 2.35. The van der Waals surface area contributed by atoms with Gasteiger partial charge >= 0.3 is 5.97 Å². The zero-order valence-electron chi connectivity index (χ0n) is 10.7. The van der Waals surface area contributed by atoms with Crippen molar-refractivity contribution in [1.29, 1.82) is 0 Å². The number of rotatable bonds is 7. The van der Waals surface area contributed by atoms with E-state index in [1.54, 1.807) is 0 Å². The van der Waals surface area contributed by atoms with E-state index in [-0.39, 0.29) is 16.9 Å². The van der Waals surface area contributed by atoms with Crippen LogP contribution in [0.15, 0.2) is 18.2 Å². The van der Waals surface area contributed by atoms with E-state index in [1.165, 1.54) is 6.07 Å². The van der Waals surface area contributed by atoms with E-state index in [1.807, 2.05) is 0 Å². The van der Waals surface area contributed by atoms with Crippen LogP contribution in [0.3, 0.4) is 0 Å². The number of nitrogens with zero attached hydrogens (tertiary/aromatic N) is 1. The average molecular weight is 296 g/mol. The molecule has 0 aliphatic carbocycles. The first-order valence-electron chi connectivity index (χ1n) is 5.62. The Morgan fingerprint density at radius 3 is 2.48 bits per heavy atom. The van der Waals surface area contributed by atoms with E-state index in [4.69, 9.17) is 10.8 Å². The van der Waals surface area contributed by atoms with Crippen LogP contribution in [0.5, 0.6) is 0 Å². The van der Waals surface area contributed by atoms with Crippen molar-refractivity contribution >= 4 is 29.2 Å². The molecule has 1 aromatic carbocycles. The van der Waals surface area contributed by atoms with Crippen LogP contribution in [-0.2, 0) is 9.59 Å². The van der Waals surface area contributed by atoms with Gasteiger partial charge in [-0.05, 0) is 12.1 Å². The highest BCUT2D eigenvalue weighted by Gasteiger charge is 2.16. The van der Waals surface area contributed by atoms with E-state index in [9.17, 15) is 24.5 Å². The minimum absolute atomic E-state index is 0.0362. The highest BCUT2D eigenvalue weighted by Crippen LogP contribution is 2.25. The number of anilines is 1. The predicted octanol–water partition coefficient (Wildman–Crippen LogP) is -0.694. The summed E-state index contributed by atoms with van der Waals surface area (Å²) < 4.78 is 0. The molecule has 0 saturated carbocycles. The van der Waals surface area contributed by atoms with Gasteiger partial charge in [-0.1, -0.05) is 0 Å². The number of hydrogen-bond acceptors (Lipinski definition) is 6. The molecule has 0 aliphatic rings. The Labute approximate surface area is 118 Å². The van der Waals surface area contributed by atoms with Gasteiger partial charge in [0.05, 0.1) is 11.5 Å². The molecule has 5 N–H and O–H groups in total. The van der Waals surface area contributed by atoms with E-state index in [0.717, 1.165) is 12.1 Å². The zero-order valence-corrected chi connectivity index (χ0v) is 10.7. The summed E-state index contributed by atoms with van der Waals surface area (Å²) >= 11 is 0. The molecule has 0 bridgehead atoms. The number of hydrogen-bond donors (Lipinski definition) is 4. The third kappa shape index (κ3) is 4.78. The molecule has 112 valence electrons. The number of amides is 2. The second-order valence-corrected chi connectivity index (χ2v) is 3.88. The Bertz CT molecular complexity index is 600. The lowest BCUT2D eigenvalue weighted by molar-refractivity contribution is -0.383. The molecule has 1 aromatic rings. The summed E-state index contributed by atoms with van der Waals surface area (Å²) in [5, 5.41) is 23.8. The molecule has 2 amide bonds. The number of carbonyl (C=O) groups excluding carboxylic acids is 2. The molecule has 1 rings (SSSR count). The molecular formula is C11H12N4O6. The molecule has 0 spiro atoms. The molecule has 0 heterocycles. The standard InChI is InChI=1S/C11H12N4O6/c12-11(19)6-1-2-8(15(20)21)7(3-6)13-4-9(16)14-5-10(17)18/h1-3,13H,4-5H2,(H2,12,19)(H,14,16)(H,17,18). The Kier molecular flexibility index (Phi) is 5.17. The topological polar surface area (TPSA) is 165 Å². The van der Waals surface area contributed by atoms with Crippen molar-refractivity contribution in [1.82, 2.24) is 5.32 Å². The lowest BCUT2D eigenvalue weighted by Gasteiger charge is -2.08. The van der Waals surface area contributed by atoms with Crippen LogP contribution in [0.25, 0.3) is 0 Å². The summed E-state index contributed by atoms with van der Waals surface area (Å²) in [6.45, 7) is -0.958. The molecule has 0 aromatic heterocycles. The van der Waals surface area contributed by atoms with Gasteiger partial charge in [-0.3, -0.25) is 24.5 Å². The smallest absolute Gasteiger partial charge is 0.322 e. The molecule has 0 radical (unpaired) electrons.